The maximum Gasteiger partial charge on any atom is 0.254 e. The van der Waals surface area contributed by atoms with Crippen molar-refractivity contribution < 1.29 is 19.1 Å². The highest BCUT2D eigenvalue weighted by molar-refractivity contribution is 8.00. The predicted octanol–water partition coefficient (Wildman–Crippen LogP) is 4.19. The first kappa shape index (κ1) is 21.0. The van der Waals surface area contributed by atoms with Crippen molar-refractivity contribution in [3.63, 3.8) is 0 Å². The lowest BCUT2D eigenvalue weighted by Gasteiger charge is -2.24. The topological polar surface area (TPSA) is 67.9 Å². The third-order valence-electron chi connectivity index (χ3n) is 4.73. The molecule has 0 aliphatic carbocycles. The normalized spacial score (nSPS) is 15.3. The Morgan fingerprint density at radius 2 is 1.97 bits per heavy atom. The first-order chi connectivity index (χ1) is 14.0. The Bertz CT molecular complexity index is 916. The van der Waals surface area contributed by atoms with Gasteiger partial charge in [0.15, 0.2) is 11.5 Å². The lowest BCUT2D eigenvalue weighted by Crippen LogP contribution is -2.31. The number of carbonyl (C=O) groups is 2. The van der Waals surface area contributed by atoms with Crippen molar-refractivity contribution in [2.24, 2.45) is 0 Å². The minimum Gasteiger partial charge on any atom is -0.493 e. The second kappa shape index (κ2) is 9.22. The van der Waals surface area contributed by atoms with Crippen molar-refractivity contribution >= 4 is 29.3 Å². The molecule has 1 aliphatic rings. The molecule has 1 aliphatic heterocycles. The molecular weight excluding hydrogens is 388 g/mol. The molecule has 1 heterocycles. The van der Waals surface area contributed by atoms with Crippen LogP contribution in [0.25, 0.3) is 0 Å². The van der Waals surface area contributed by atoms with Gasteiger partial charge in [0, 0.05) is 23.5 Å². The average Bonchev–Trinajstić information content (AvgIpc) is 2.73. The van der Waals surface area contributed by atoms with Crippen LogP contribution in [0.3, 0.4) is 0 Å². The molecule has 0 radical (unpaired) electrons. The zero-order chi connectivity index (χ0) is 21.0. The summed E-state index contributed by atoms with van der Waals surface area (Å²) in [6.07, 6.45) is 0. The molecule has 2 amide bonds. The van der Waals surface area contributed by atoms with E-state index in [1.165, 1.54) is 11.8 Å². The van der Waals surface area contributed by atoms with Gasteiger partial charge in [-0.25, -0.2) is 0 Å². The molecule has 1 unspecified atom stereocenters. The number of amides is 2. The lowest BCUT2D eigenvalue weighted by molar-refractivity contribution is -0.115. The van der Waals surface area contributed by atoms with E-state index in [9.17, 15) is 9.59 Å². The van der Waals surface area contributed by atoms with Crippen molar-refractivity contribution in [3.8, 4) is 11.5 Å². The fourth-order valence-electron chi connectivity index (χ4n) is 3.16. The van der Waals surface area contributed by atoms with E-state index in [-0.39, 0.29) is 17.1 Å². The monoisotopic (exact) mass is 414 g/mol. The van der Waals surface area contributed by atoms with E-state index in [0.29, 0.717) is 42.4 Å². The van der Waals surface area contributed by atoms with Crippen LogP contribution in [0.4, 0.5) is 5.69 Å². The molecule has 3 rings (SSSR count). The molecule has 154 valence electrons. The van der Waals surface area contributed by atoms with E-state index in [1.807, 2.05) is 51.1 Å². The second-order valence-corrected chi connectivity index (χ2v) is 8.08. The highest BCUT2D eigenvalue weighted by atomic mass is 32.2. The molecule has 1 N–H and O–H groups in total. The number of hydrogen-bond acceptors (Lipinski definition) is 5. The van der Waals surface area contributed by atoms with Crippen LogP contribution in [-0.2, 0) is 11.3 Å². The highest BCUT2D eigenvalue weighted by Crippen LogP contribution is 2.36. The van der Waals surface area contributed by atoms with Crippen LogP contribution in [-0.4, -0.2) is 42.2 Å². The van der Waals surface area contributed by atoms with Crippen molar-refractivity contribution in [1.82, 2.24) is 4.90 Å². The minimum atomic E-state index is -0.133. The highest BCUT2D eigenvalue weighted by Gasteiger charge is 2.24. The number of carbonyl (C=O) groups excluding carboxylic acids is 2. The predicted molar refractivity (Wildman–Crippen MR) is 115 cm³/mol. The minimum absolute atomic E-state index is 0.0408. The van der Waals surface area contributed by atoms with E-state index in [4.69, 9.17) is 9.47 Å². The van der Waals surface area contributed by atoms with Crippen LogP contribution in [0, 0.1) is 0 Å². The van der Waals surface area contributed by atoms with Gasteiger partial charge in [0.2, 0.25) is 5.91 Å². The van der Waals surface area contributed by atoms with E-state index < -0.39 is 0 Å². The van der Waals surface area contributed by atoms with Crippen LogP contribution >= 0.6 is 11.8 Å². The van der Waals surface area contributed by atoms with Gasteiger partial charge >= 0.3 is 0 Å². The van der Waals surface area contributed by atoms with Gasteiger partial charge in [0.1, 0.15) is 0 Å². The maximum absolute atomic E-state index is 13.1. The number of fused-ring (bicyclic) bond motifs is 1. The number of benzene rings is 2. The second-order valence-electron chi connectivity index (χ2n) is 6.70. The Balaban J connectivity index is 1.79. The molecule has 6 nitrogen and oxygen atoms in total. The van der Waals surface area contributed by atoms with Crippen molar-refractivity contribution in [2.45, 2.75) is 37.5 Å². The first-order valence-electron chi connectivity index (χ1n) is 9.67. The summed E-state index contributed by atoms with van der Waals surface area (Å²) in [6.45, 7) is 7.30. The van der Waals surface area contributed by atoms with Gasteiger partial charge in [0.25, 0.3) is 5.91 Å². The SMILES string of the molecule is CCOc1ccc(CN(CC)C(=O)c2ccc3c(c2)NC(=O)C(C)S3)cc1OC. The summed E-state index contributed by atoms with van der Waals surface area (Å²) in [6, 6.07) is 11.2. The van der Waals surface area contributed by atoms with Crippen LogP contribution in [0.1, 0.15) is 36.7 Å². The van der Waals surface area contributed by atoms with Gasteiger partial charge in [-0.2, -0.15) is 0 Å². The zero-order valence-corrected chi connectivity index (χ0v) is 18.0. The first-order valence-corrected chi connectivity index (χ1v) is 10.5. The third kappa shape index (κ3) is 4.67. The number of methoxy groups -OCH3 is 1. The van der Waals surface area contributed by atoms with Crippen molar-refractivity contribution in [2.75, 3.05) is 25.6 Å². The molecule has 0 bridgehead atoms. The molecule has 0 saturated carbocycles. The van der Waals surface area contributed by atoms with E-state index in [1.54, 1.807) is 18.1 Å². The summed E-state index contributed by atoms with van der Waals surface area (Å²) < 4.78 is 11.0. The van der Waals surface area contributed by atoms with Crippen LogP contribution in [0.15, 0.2) is 41.3 Å². The molecule has 1 atom stereocenters. The van der Waals surface area contributed by atoms with Gasteiger partial charge < -0.3 is 19.7 Å². The van der Waals surface area contributed by atoms with Gasteiger partial charge in [-0.1, -0.05) is 6.07 Å². The maximum atomic E-state index is 13.1. The molecule has 0 saturated heterocycles. The number of ether oxygens (including phenoxy) is 2. The lowest BCUT2D eigenvalue weighted by atomic mass is 10.1. The number of thioether (sulfide) groups is 1. The van der Waals surface area contributed by atoms with E-state index in [2.05, 4.69) is 5.32 Å². The van der Waals surface area contributed by atoms with Gasteiger partial charge in [-0.05, 0) is 56.7 Å². The summed E-state index contributed by atoms with van der Waals surface area (Å²) in [4.78, 5) is 27.8. The molecule has 2 aromatic carbocycles. The Morgan fingerprint density at radius 3 is 2.66 bits per heavy atom. The average molecular weight is 415 g/mol. The number of hydrogen-bond donors (Lipinski definition) is 1. The number of anilines is 1. The van der Waals surface area contributed by atoms with Gasteiger partial charge in [-0.15, -0.1) is 11.8 Å². The molecule has 0 fully saturated rings. The van der Waals surface area contributed by atoms with Crippen molar-refractivity contribution in [3.05, 3.63) is 47.5 Å². The molecule has 0 spiro atoms. The fraction of sp³-hybridized carbons (Fsp3) is 0.364. The smallest absolute Gasteiger partial charge is 0.254 e. The Labute approximate surface area is 175 Å². The van der Waals surface area contributed by atoms with Gasteiger partial charge in [-0.3, -0.25) is 9.59 Å². The molecule has 2 aromatic rings. The molecule has 0 aromatic heterocycles. The fourth-order valence-corrected chi connectivity index (χ4v) is 4.09. The Morgan fingerprint density at radius 1 is 1.17 bits per heavy atom. The molecule has 7 heteroatoms. The summed E-state index contributed by atoms with van der Waals surface area (Å²) in [5.74, 6) is 1.21. The summed E-state index contributed by atoms with van der Waals surface area (Å²) in [5.41, 5.74) is 2.21. The van der Waals surface area contributed by atoms with E-state index in [0.717, 1.165) is 10.5 Å². The number of rotatable bonds is 7. The summed E-state index contributed by atoms with van der Waals surface area (Å²) in [7, 11) is 1.60. The number of nitrogens with zero attached hydrogens (tertiary/aromatic N) is 1. The largest absolute Gasteiger partial charge is 0.493 e. The Hall–Kier alpha value is -2.67. The third-order valence-corrected chi connectivity index (χ3v) is 5.91. The molecule has 29 heavy (non-hydrogen) atoms. The van der Waals surface area contributed by atoms with Gasteiger partial charge in [0.05, 0.1) is 24.7 Å². The Kier molecular flexibility index (Phi) is 6.69. The van der Waals surface area contributed by atoms with Crippen LogP contribution in [0.2, 0.25) is 0 Å². The van der Waals surface area contributed by atoms with Crippen LogP contribution in [0.5, 0.6) is 11.5 Å². The van der Waals surface area contributed by atoms with E-state index >= 15 is 0 Å². The number of nitrogens with one attached hydrogen (secondary N) is 1. The standard InChI is InChI=1S/C22H26N2O4S/c1-5-24(13-15-7-9-18(28-6-2)19(11-15)27-4)22(26)16-8-10-20-17(12-16)23-21(25)14(3)29-20/h7-12,14H,5-6,13H2,1-4H3,(H,23,25). The zero-order valence-electron chi connectivity index (χ0n) is 17.2. The summed E-state index contributed by atoms with van der Waals surface area (Å²) in [5, 5.41) is 2.75. The molecular formula is C22H26N2O4S. The van der Waals surface area contributed by atoms with Crippen molar-refractivity contribution in [1.29, 1.82) is 0 Å². The quantitative estimate of drug-likeness (QED) is 0.736. The van der Waals surface area contributed by atoms with Crippen LogP contribution < -0.4 is 14.8 Å². The summed E-state index contributed by atoms with van der Waals surface area (Å²) >= 11 is 1.50.